The Labute approximate surface area is 109 Å². The van der Waals surface area contributed by atoms with Crippen molar-refractivity contribution in [1.82, 2.24) is 0 Å². The molecule has 0 atom stereocenters. The second-order valence-electron chi connectivity index (χ2n) is 4.04. The lowest BCUT2D eigenvalue weighted by atomic mass is 10.4. The van der Waals surface area contributed by atoms with Crippen molar-refractivity contribution in [3.05, 3.63) is 36.5 Å². The molecular weight excluding hydrogens is 232 g/mol. The maximum Gasteiger partial charge on any atom is 0.333 e. The summed E-state index contributed by atoms with van der Waals surface area (Å²) in [5.41, 5.74) is 1.80. The van der Waals surface area contributed by atoms with Crippen LogP contribution in [-0.2, 0) is 19.1 Å². The van der Waals surface area contributed by atoms with Gasteiger partial charge >= 0.3 is 11.9 Å². The van der Waals surface area contributed by atoms with E-state index < -0.39 is 11.9 Å². The minimum absolute atomic E-state index is 0.0325. The molecule has 0 aromatic rings. The zero-order valence-electron chi connectivity index (χ0n) is 11.7. The number of carbonyl (C=O) groups excluding carboxylic acids is 2. The molecule has 0 saturated heterocycles. The van der Waals surface area contributed by atoms with Crippen LogP contribution in [0.25, 0.3) is 0 Å². The smallest absolute Gasteiger partial charge is 0.333 e. The third-order valence-corrected chi connectivity index (χ3v) is 1.25. The number of hydrogen-bond donors (Lipinski definition) is 0. The molecule has 0 fully saturated rings. The Kier molecular flexibility index (Phi) is 10.6. The third kappa shape index (κ3) is 14.2. The quantitative estimate of drug-likeness (QED) is 0.327. The molecule has 4 heteroatoms. The molecule has 0 spiro atoms. The molecule has 0 N–H and O–H groups in total. The van der Waals surface area contributed by atoms with E-state index in [1.54, 1.807) is 13.8 Å². The molecule has 0 aromatic heterocycles. The van der Waals surface area contributed by atoms with Crippen molar-refractivity contribution < 1.29 is 19.1 Å². The van der Waals surface area contributed by atoms with Crippen LogP contribution in [0, 0.1) is 0 Å². The highest BCUT2D eigenvalue weighted by Crippen LogP contribution is 1.94. The van der Waals surface area contributed by atoms with E-state index in [4.69, 9.17) is 0 Å². The molecule has 0 bridgehead atoms. The number of ether oxygens (including phenoxy) is 2. The average Bonchev–Trinajstić information content (AvgIpc) is 2.22. The topological polar surface area (TPSA) is 52.6 Å². The van der Waals surface area contributed by atoms with Crippen molar-refractivity contribution in [2.24, 2.45) is 0 Å². The van der Waals surface area contributed by atoms with Gasteiger partial charge in [-0.2, -0.15) is 0 Å². The largest absolute Gasteiger partial charge is 0.459 e. The van der Waals surface area contributed by atoms with E-state index >= 15 is 0 Å². The van der Waals surface area contributed by atoms with Gasteiger partial charge in [0.1, 0.15) is 13.2 Å². The Morgan fingerprint density at radius 1 is 0.778 bits per heavy atom. The van der Waals surface area contributed by atoms with Gasteiger partial charge < -0.3 is 9.47 Å². The van der Waals surface area contributed by atoms with Crippen LogP contribution in [0.3, 0.4) is 0 Å². The Balaban J connectivity index is 0. The van der Waals surface area contributed by atoms with Crippen LogP contribution in [-0.4, -0.2) is 25.2 Å². The molecular formula is C14H22O4. The number of hydrogen-bond acceptors (Lipinski definition) is 4. The summed E-state index contributed by atoms with van der Waals surface area (Å²) in [5, 5.41) is 0. The minimum Gasteiger partial charge on any atom is -0.459 e. The molecule has 0 rings (SSSR count). The summed E-state index contributed by atoms with van der Waals surface area (Å²) in [6.07, 6.45) is 0. The fourth-order valence-corrected chi connectivity index (χ4v) is 0.515. The Hall–Kier alpha value is -1.84. The first-order valence-electron chi connectivity index (χ1n) is 5.45. The van der Waals surface area contributed by atoms with Crippen LogP contribution in [0.2, 0.25) is 0 Å². The summed E-state index contributed by atoms with van der Waals surface area (Å²) in [6.45, 7) is 17.5. The molecule has 0 unspecified atom stereocenters. The first kappa shape index (κ1) is 18.5. The van der Waals surface area contributed by atoms with E-state index in [1.807, 2.05) is 13.8 Å². The van der Waals surface area contributed by atoms with Crippen LogP contribution in [0.4, 0.5) is 0 Å². The summed E-state index contributed by atoms with van der Waals surface area (Å²) < 4.78 is 9.38. The molecule has 0 radical (unpaired) electrons. The van der Waals surface area contributed by atoms with Gasteiger partial charge in [-0.1, -0.05) is 18.7 Å². The van der Waals surface area contributed by atoms with Gasteiger partial charge in [-0.3, -0.25) is 0 Å². The van der Waals surface area contributed by atoms with E-state index in [0.29, 0.717) is 11.1 Å². The van der Waals surface area contributed by atoms with Gasteiger partial charge in [0.15, 0.2) is 0 Å². The van der Waals surface area contributed by atoms with Crippen LogP contribution >= 0.6 is 0 Å². The highest BCUT2D eigenvalue weighted by atomic mass is 16.6. The molecule has 4 nitrogen and oxygen atoms in total. The fourth-order valence-electron chi connectivity index (χ4n) is 0.515. The lowest BCUT2D eigenvalue weighted by molar-refractivity contribution is -0.147. The first-order chi connectivity index (χ1) is 8.18. The lowest BCUT2D eigenvalue weighted by Crippen LogP contribution is -2.14. The van der Waals surface area contributed by atoms with Gasteiger partial charge in [0, 0.05) is 11.1 Å². The summed E-state index contributed by atoms with van der Waals surface area (Å²) in [6, 6.07) is 0. The molecule has 18 heavy (non-hydrogen) atoms. The number of allylic oxidation sites excluding steroid dienone is 1. The van der Waals surface area contributed by atoms with Crippen molar-refractivity contribution in [1.29, 1.82) is 0 Å². The Morgan fingerprint density at radius 2 is 1.00 bits per heavy atom. The highest BCUT2D eigenvalue weighted by molar-refractivity contribution is 5.87. The SMILES string of the molecule is C=C(C)C.C=C(C)C(=O)OCCOC(=O)C(=C)C. The standard InChI is InChI=1S/C10H14O4.C4H8/c1-7(2)9(11)13-5-6-14-10(12)8(3)4;1-4(2)3/h1,3,5-6H2,2,4H3;1H2,2-3H3. The van der Waals surface area contributed by atoms with Crippen LogP contribution in [0.15, 0.2) is 36.5 Å². The van der Waals surface area contributed by atoms with Crippen molar-refractivity contribution in [3.63, 3.8) is 0 Å². The average molecular weight is 254 g/mol. The number of carbonyl (C=O) groups is 2. The molecule has 102 valence electrons. The molecule has 0 heterocycles. The Morgan fingerprint density at radius 3 is 1.17 bits per heavy atom. The summed E-state index contributed by atoms with van der Waals surface area (Å²) in [7, 11) is 0. The van der Waals surface area contributed by atoms with Crippen LogP contribution < -0.4 is 0 Å². The predicted octanol–water partition coefficient (Wildman–Crippen LogP) is 2.81. The molecule has 0 aliphatic heterocycles. The van der Waals surface area contributed by atoms with Crippen molar-refractivity contribution >= 4 is 11.9 Å². The predicted molar refractivity (Wildman–Crippen MR) is 72.0 cm³/mol. The van der Waals surface area contributed by atoms with E-state index in [0.717, 1.165) is 0 Å². The van der Waals surface area contributed by atoms with Gasteiger partial charge in [-0.25, -0.2) is 9.59 Å². The van der Waals surface area contributed by atoms with Gasteiger partial charge in [0.05, 0.1) is 0 Å². The second kappa shape index (κ2) is 10.3. The van der Waals surface area contributed by atoms with Gasteiger partial charge in [-0.05, 0) is 27.7 Å². The molecule has 0 aliphatic carbocycles. The zero-order valence-corrected chi connectivity index (χ0v) is 11.7. The van der Waals surface area contributed by atoms with Crippen molar-refractivity contribution in [2.45, 2.75) is 27.7 Å². The second-order valence-corrected chi connectivity index (χ2v) is 4.04. The molecule has 0 amide bonds. The normalized spacial score (nSPS) is 8.44. The zero-order chi connectivity index (χ0) is 14.7. The van der Waals surface area contributed by atoms with E-state index in [1.165, 1.54) is 5.57 Å². The van der Waals surface area contributed by atoms with E-state index in [-0.39, 0.29) is 13.2 Å². The van der Waals surface area contributed by atoms with Crippen molar-refractivity contribution in [2.75, 3.05) is 13.2 Å². The van der Waals surface area contributed by atoms with Gasteiger partial charge in [-0.15, -0.1) is 6.58 Å². The highest BCUT2D eigenvalue weighted by Gasteiger charge is 2.05. The monoisotopic (exact) mass is 254 g/mol. The van der Waals surface area contributed by atoms with Crippen molar-refractivity contribution in [3.8, 4) is 0 Å². The van der Waals surface area contributed by atoms with Gasteiger partial charge in [0.25, 0.3) is 0 Å². The third-order valence-electron chi connectivity index (χ3n) is 1.25. The lowest BCUT2D eigenvalue weighted by Gasteiger charge is -2.05. The summed E-state index contributed by atoms with van der Waals surface area (Å²) in [4.78, 5) is 21.7. The fraction of sp³-hybridized carbons (Fsp3) is 0.429. The number of rotatable bonds is 5. The summed E-state index contributed by atoms with van der Waals surface area (Å²) >= 11 is 0. The van der Waals surface area contributed by atoms with Crippen LogP contribution in [0.1, 0.15) is 27.7 Å². The molecule has 0 saturated carbocycles. The first-order valence-corrected chi connectivity index (χ1v) is 5.45. The number of esters is 2. The maximum absolute atomic E-state index is 10.8. The van der Waals surface area contributed by atoms with E-state index in [2.05, 4.69) is 29.2 Å². The Bertz CT molecular complexity index is 308. The molecule has 0 aromatic carbocycles. The molecule has 0 aliphatic rings. The van der Waals surface area contributed by atoms with Crippen LogP contribution in [0.5, 0.6) is 0 Å². The van der Waals surface area contributed by atoms with Gasteiger partial charge in [0.2, 0.25) is 0 Å². The van der Waals surface area contributed by atoms with E-state index in [9.17, 15) is 9.59 Å². The minimum atomic E-state index is -0.489. The maximum atomic E-state index is 10.8. The summed E-state index contributed by atoms with van der Waals surface area (Å²) in [5.74, 6) is -0.979.